The van der Waals surface area contributed by atoms with Crippen molar-refractivity contribution in [2.24, 2.45) is 0 Å². The van der Waals surface area contributed by atoms with Crippen LogP contribution in [0.1, 0.15) is 27.7 Å². The van der Waals surface area contributed by atoms with E-state index >= 15 is 0 Å². The van der Waals surface area contributed by atoms with Crippen LogP contribution >= 0.6 is 16.2 Å². The van der Waals surface area contributed by atoms with E-state index in [1.54, 1.807) is 27.7 Å². The van der Waals surface area contributed by atoms with Crippen molar-refractivity contribution in [3.05, 3.63) is 0 Å². The van der Waals surface area contributed by atoms with Gasteiger partial charge in [0.15, 0.2) is 5.34 Å². The first kappa shape index (κ1) is 15.5. The zero-order valence-corrected chi connectivity index (χ0v) is 12.5. The van der Waals surface area contributed by atoms with Gasteiger partial charge in [-0.05, 0) is 27.7 Å². The van der Waals surface area contributed by atoms with Gasteiger partial charge in [0.2, 0.25) is 0 Å². The Labute approximate surface area is 103 Å². The maximum atomic E-state index is 12.6. The lowest BCUT2D eigenvalue weighted by atomic mass is 10.5. The Morgan fingerprint density at radius 2 is 1.65 bits per heavy atom. The van der Waals surface area contributed by atoms with E-state index in [4.69, 9.17) is 22.6 Å². The molecular formula is C9H20O6P2. The molecule has 0 amide bonds. The van der Waals surface area contributed by atoms with Crippen molar-refractivity contribution in [3.63, 3.8) is 0 Å². The summed E-state index contributed by atoms with van der Waals surface area (Å²) in [5.74, 6) is 0. The van der Waals surface area contributed by atoms with E-state index < -0.39 is 21.5 Å². The van der Waals surface area contributed by atoms with Crippen LogP contribution in [0.2, 0.25) is 0 Å². The smallest absolute Gasteiger partial charge is 0.310 e. The van der Waals surface area contributed by atoms with Crippen LogP contribution in [-0.2, 0) is 27.2 Å². The van der Waals surface area contributed by atoms with Gasteiger partial charge in [-0.3, -0.25) is 9.09 Å². The van der Waals surface area contributed by atoms with Gasteiger partial charge in [-0.15, -0.1) is 0 Å². The second-order valence-corrected chi connectivity index (χ2v) is 7.50. The molecule has 0 spiro atoms. The predicted octanol–water partition coefficient (Wildman–Crippen LogP) is 3.28. The molecule has 0 bridgehead atoms. The minimum absolute atomic E-state index is 0.295. The van der Waals surface area contributed by atoms with Gasteiger partial charge >= 0.3 is 16.2 Å². The van der Waals surface area contributed by atoms with E-state index in [1.165, 1.54) is 0 Å². The van der Waals surface area contributed by atoms with Crippen LogP contribution in [0, 0.1) is 0 Å². The first-order valence-corrected chi connectivity index (χ1v) is 8.23. The molecule has 0 aromatic carbocycles. The lowest BCUT2D eigenvalue weighted by molar-refractivity contribution is 0.0998. The largest absolute Gasteiger partial charge is 0.362 e. The third-order valence-electron chi connectivity index (χ3n) is 2.03. The SMILES string of the molecule is CCOP(=O)(OCC)C(C)(C)OP1OCCO1. The molecule has 1 rings (SSSR count). The fourth-order valence-electron chi connectivity index (χ4n) is 1.23. The summed E-state index contributed by atoms with van der Waals surface area (Å²) in [4.78, 5) is 0. The summed E-state index contributed by atoms with van der Waals surface area (Å²) in [6.45, 7) is 8.42. The van der Waals surface area contributed by atoms with Gasteiger partial charge in [0.1, 0.15) is 0 Å². The normalized spacial score (nSPS) is 18.8. The quantitative estimate of drug-likeness (QED) is 0.669. The Bertz CT molecular complexity index is 267. The van der Waals surface area contributed by atoms with Crippen LogP contribution in [0.4, 0.5) is 0 Å². The summed E-state index contributed by atoms with van der Waals surface area (Å²) in [6, 6.07) is 0. The number of rotatable bonds is 7. The van der Waals surface area contributed by atoms with Crippen LogP contribution in [-0.4, -0.2) is 31.8 Å². The topological polar surface area (TPSA) is 63.2 Å². The lowest BCUT2D eigenvalue weighted by Crippen LogP contribution is -2.25. The molecular weight excluding hydrogens is 266 g/mol. The molecule has 0 atom stereocenters. The fourth-order valence-corrected chi connectivity index (χ4v) is 4.20. The Hall–Kier alpha value is 0.460. The molecule has 1 saturated heterocycles. The second-order valence-electron chi connectivity index (χ2n) is 3.76. The monoisotopic (exact) mass is 286 g/mol. The van der Waals surface area contributed by atoms with Gasteiger partial charge in [0.05, 0.1) is 26.4 Å². The second kappa shape index (κ2) is 6.58. The van der Waals surface area contributed by atoms with Crippen molar-refractivity contribution in [1.29, 1.82) is 0 Å². The summed E-state index contributed by atoms with van der Waals surface area (Å²) < 4.78 is 39.1. The molecule has 1 fully saturated rings. The molecule has 0 aromatic rings. The lowest BCUT2D eigenvalue weighted by Gasteiger charge is -2.32. The molecule has 0 radical (unpaired) electrons. The Kier molecular flexibility index (Phi) is 6.00. The van der Waals surface area contributed by atoms with Crippen molar-refractivity contribution in [2.45, 2.75) is 33.0 Å². The van der Waals surface area contributed by atoms with Crippen LogP contribution in [0.3, 0.4) is 0 Å². The first-order valence-electron chi connectivity index (χ1n) is 5.59. The minimum atomic E-state index is -3.34. The molecule has 0 aliphatic carbocycles. The van der Waals surface area contributed by atoms with E-state index in [0.29, 0.717) is 26.4 Å². The van der Waals surface area contributed by atoms with Gasteiger partial charge in [-0.1, -0.05) is 0 Å². The molecule has 17 heavy (non-hydrogen) atoms. The molecule has 1 aliphatic rings. The molecule has 1 aliphatic heterocycles. The van der Waals surface area contributed by atoms with Crippen LogP contribution in [0.5, 0.6) is 0 Å². The summed E-state index contributed by atoms with van der Waals surface area (Å²) in [5.41, 5.74) is 0. The summed E-state index contributed by atoms with van der Waals surface area (Å²) >= 11 is 0. The third-order valence-corrected chi connectivity index (χ3v) is 6.18. The van der Waals surface area contributed by atoms with Crippen molar-refractivity contribution < 1.29 is 27.2 Å². The molecule has 6 nitrogen and oxygen atoms in total. The van der Waals surface area contributed by atoms with Crippen LogP contribution in [0.15, 0.2) is 0 Å². The van der Waals surface area contributed by atoms with Crippen molar-refractivity contribution in [2.75, 3.05) is 26.4 Å². The molecule has 1 heterocycles. The van der Waals surface area contributed by atoms with Crippen LogP contribution < -0.4 is 0 Å². The number of hydrogen-bond acceptors (Lipinski definition) is 6. The maximum Gasteiger partial charge on any atom is 0.362 e. The molecule has 0 aromatic heterocycles. The molecule has 0 N–H and O–H groups in total. The number of hydrogen-bond donors (Lipinski definition) is 0. The molecule has 0 unspecified atom stereocenters. The third kappa shape index (κ3) is 3.97. The van der Waals surface area contributed by atoms with E-state index in [-0.39, 0.29) is 0 Å². The minimum Gasteiger partial charge on any atom is -0.310 e. The van der Waals surface area contributed by atoms with Crippen molar-refractivity contribution in [1.82, 2.24) is 0 Å². The zero-order chi connectivity index (χ0) is 12.9. The zero-order valence-electron chi connectivity index (χ0n) is 10.7. The highest BCUT2D eigenvalue weighted by atomic mass is 31.2. The van der Waals surface area contributed by atoms with Gasteiger partial charge in [0, 0.05) is 0 Å². The van der Waals surface area contributed by atoms with E-state index in [0.717, 1.165) is 0 Å². The Morgan fingerprint density at radius 3 is 2.06 bits per heavy atom. The van der Waals surface area contributed by atoms with Gasteiger partial charge < -0.3 is 18.1 Å². The molecule has 102 valence electrons. The van der Waals surface area contributed by atoms with Gasteiger partial charge in [0.25, 0.3) is 0 Å². The van der Waals surface area contributed by atoms with Crippen molar-refractivity contribution >= 4 is 16.2 Å². The molecule has 8 heteroatoms. The standard InChI is InChI=1S/C9H20O6P2/c1-5-13-17(10,14-6-2)9(3,4)15-16-11-7-8-12-16/h5-8H2,1-4H3. The van der Waals surface area contributed by atoms with Crippen molar-refractivity contribution in [3.8, 4) is 0 Å². The van der Waals surface area contributed by atoms with Crippen LogP contribution in [0.25, 0.3) is 0 Å². The molecule has 0 saturated carbocycles. The summed E-state index contributed by atoms with van der Waals surface area (Å²) in [7, 11) is -4.79. The maximum absolute atomic E-state index is 12.6. The summed E-state index contributed by atoms with van der Waals surface area (Å²) in [5, 5.41) is -1.09. The predicted molar refractivity (Wildman–Crippen MR) is 64.8 cm³/mol. The highest BCUT2D eigenvalue weighted by Crippen LogP contribution is 2.64. The fraction of sp³-hybridized carbons (Fsp3) is 1.00. The Morgan fingerprint density at radius 1 is 1.18 bits per heavy atom. The summed E-state index contributed by atoms with van der Waals surface area (Å²) in [6.07, 6.45) is 0. The average molecular weight is 286 g/mol. The highest BCUT2D eigenvalue weighted by Gasteiger charge is 2.47. The van der Waals surface area contributed by atoms with Gasteiger partial charge in [-0.2, -0.15) is 0 Å². The Balaban J connectivity index is 2.71. The highest BCUT2D eigenvalue weighted by molar-refractivity contribution is 7.56. The van der Waals surface area contributed by atoms with E-state index in [1.807, 2.05) is 0 Å². The average Bonchev–Trinajstić information content (AvgIpc) is 2.70. The first-order chi connectivity index (χ1) is 7.95. The van der Waals surface area contributed by atoms with Gasteiger partial charge in [-0.25, -0.2) is 0 Å². The van der Waals surface area contributed by atoms with E-state index in [9.17, 15) is 4.57 Å². The van der Waals surface area contributed by atoms with E-state index in [2.05, 4.69) is 0 Å².